The maximum absolute atomic E-state index is 13.4. The molecule has 0 saturated carbocycles. The first kappa shape index (κ1) is 16.0. The number of ether oxygens (including phenoxy) is 1. The highest BCUT2D eigenvalue weighted by molar-refractivity contribution is 5.38. The van der Waals surface area contributed by atoms with Crippen molar-refractivity contribution in [3.05, 3.63) is 65.0 Å². The van der Waals surface area contributed by atoms with Gasteiger partial charge in [0.25, 0.3) is 0 Å². The Bertz CT molecular complexity index is 671. The van der Waals surface area contributed by atoms with E-state index in [0.717, 1.165) is 5.56 Å². The van der Waals surface area contributed by atoms with Gasteiger partial charge < -0.3 is 4.74 Å². The van der Waals surface area contributed by atoms with Crippen molar-refractivity contribution in [2.45, 2.75) is 32.1 Å². The third kappa shape index (κ3) is 3.65. The molecule has 0 N–H and O–H groups in total. The van der Waals surface area contributed by atoms with Crippen LogP contribution in [0, 0.1) is 17.1 Å². The molecule has 0 heterocycles. The summed E-state index contributed by atoms with van der Waals surface area (Å²) in [6.45, 7) is 4.27. The van der Waals surface area contributed by atoms with E-state index < -0.39 is 0 Å². The topological polar surface area (TPSA) is 33.0 Å². The van der Waals surface area contributed by atoms with E-state index in [0.29, 0.717) is 23.7 Å². The Morgan fingerprint density at radius 2 is 1.73 bits per heavy atom. The first-order valence-corrected chi connectivity index (χ1v) is 7.37. The van der Waals surface area contributed by atoms with Crippen molar-refractivity contribution < 1.29 is 9.13 Å². The minimum absolute atomic E-state index is 0.317. The zero-order valence-electron chi connectivity index (χ0n) is 13.1. The molecule has 0 fully saturated rings. The smallest absolute Gasteiger partial charge is 0.123 e. The van der Waals surface area contributed by atoms with Crippen LogP contribution in [-0.2, 0) is 6.42 Å². The second kappa shape index (κ2) is 7.09. The van der Waals surface area contributed by atoms with Crippen molar-refractivity contribution in [1.29, 1.82) is 5.26 Å². The third-order valence-corrected chi connectivity index (χ3v) is 3.83. The van der Waals surface area contributed by atoms with E-state index in [4.69, 9.17) is 4.74 Å². The lowest BCUT2D eigenvalue weighted by Gasteiger charge is -2.14. The van der Waals surface area contributed by atoms with Crippen LogP contribution in [-0.4, -0.2) is 7.11 Å². The number of hydrogen-bond acceptors (Lipinski definition) is 2. The Hall–Kier alpha value is -2.34. The van der Waals surface area contributed by atoms with Crippen LogP contribution < -0.4 is 4.74 Å². The third-order valence-electron chi connectivity index (χ3n) is 3.83. The Balaban J connectivity index is 2.26. The fourth-order valence-electron chi connectivity index (χ4n) is 2.48. The van der Waals surface area contributed by atoms with Crippen molar-refractivity contribution in [1.82, 2.24) is 0 Å². The number of hydrogen-bond donors (Lipinski definition) is 0. The minimum atomic E-state index is -0.322. The van der Waals surface area contributed by atoms with Crippen molar-refractivity contribution >= 4 is 0 Å². The molecule has 22 heavy (non-hydrogen) atoms. The Morgan fingerprint density at radius 3 is 2.27 bits per heavy atom. The van der Waals surface area contributed by atoms with Gasteiger partial charge >= 0.3 is 0 Å². The molecule has 0 aliphatic carbocycles. The summed E-state index contributed by atoms with van der Waals surface area (Å²) in [5.41, 5.74) is 2.89. The molecule has 0 amide bonds. The largest absolute Gasteiger partial charge is 0.496 e. The second-order valence-corrected chi connectivity index (χ2v) is 5.66. The monoisotopic (exact) mass is 297 g/mol. The van der Waals surface area contributed by atoms with Crippen LogP contribution in [0.15, 0.2) is 42.5 Å². The molecule has 0 radical (unpaired) electrons. The van der Waals surface area contributed by atoms with Crippen LogP contribution in [0.5, 0.6) is 5.75 Å². The maximum Gasteiger partial charge on any atom is 0.123 e. The summed E-state index contributed by atoms with van der Waals surface area (Å²) in [5.74, 6) is 0.429. The number of methoxy groups -OCH3 is 1. The summed E-state index contributed by atoms with van der Waals surface area (Å²) < 4.78 is 18.7. The van der Waals surface area contributed by atoms with Gasteiger partial charge in [0.1, 0.15) is 11.6 Å². The van der Waals surface area contributed by atoms with Crippen molar-refractivity contribution in [2.75, 3.05) is 7.11 Å². The summed E-state index contributed by atoms with van der Waals surface area (Å²) in [6.07, 6.45) is 0.429. The molecule has 3 heteroatoms. The summed E-state index contributed by atoms with van der Waals surface area (Å²) >= 11 is 0. The van der Waals surface area contributed by atoms with Gasteiger partial charge in [-0.3, -0.25) is 0 Å². The van der Waals surface area contributed by atoms with Gasteiger partial charge in [-0.2, -0.15) is 5.26 Å². The van der Waals surface area contributed by atoms with E-state index in [9.17, 15) is 9.65 Å². The van der Waals surface area contributed by atoms with E-state index in [-0.39, 0.29) is 11.7 Å². The zero-order valence-corrected chi connectivity index (χ0v) is 13.1. The highest BCUT2D eigenvalue weighted by Crippen LogP contribution is 2.28. The quantitative estimate of drug-likeness (QED) is 0.793. The van der Waals surface area contributed by atoms with Crippen LogP contribution in [0.3, 0.4) is 0 Å². The molecule has 0 aromatic heterocycles. The number of rotatable bonds is 5. The summed E-state index contributed by atoms with van der Waals surface area (Å²) in [6, 6.07) is 14.8. The molecule has 114 valence electrons. The average molecular weight is 297 g/mol. The Kier molecular flexibility index (Phi) is 5.16. The molecule has 0 spiro atoms. The number of benzene rings is 2. The van der Waals surface area contributed by atoms with Gasteiger partial charge in [0.2, 0.25) is 0 Å². The predicted molar refractivity (Wildman–Crippen MR) is 85.5 cm³/mol. The standard InChI is InChI=1S/C19H20FNO/c1-13(2)14-4-6-15(7-5-14)17(12-21)10-16-11-18(20)8-9-19(16)22-3/h4-9,11,13,17H,10H2,1-3H3. The molecule has 0 bridgehead atoms. The normalized spacial score (nSPS) is 12.0. The van der Waals surface area contributed by atoms with Gasteiger partial charge in [-0.25, -0.2) is 4.39 Å². The number of nitrogens with zero attached hydrogens (tertiary/aromatic N) is 1. The zero-order chi connectivity index (χ0) is 16.1. The molecular weight excluding hydrogens is 277 g/mol. The summed E-state index contributed by atoms with van der Waals surface area (Å²) in [7, 11) is 1.55. The second-order valence-electron chi connectivity index (χ2n) is 5.66. The van der Waals surface area contributed by atoms with Gasteiger partial charge in [0.15, 0.2) is 0 Å². The van der Waals surface area contributed by atoms with E-state index in [1.54, 1.807) is 13.2 Å². The first-order chi connectivity index (χ1) is 10.5. The van der Waals surface area contributed by atoms with Crippen molar-refractivity contribution in [3.8, 4) is 11.8 Å². The van der Waals surface area contributed by atoms with Crippen LogP contribution in [0.25, 0.3) is 0 Å². The molecule has 1 unspecified atom stereocenters. The lowest BCUT2D eigenvalue weighted by atomic mass is 9.91. The van der Waals surface area contributed by atoms with Gasteiger partial charge in [0.05, 0.1) is 19.1 Å². The number of halogens is 1. The molecule has 0 aliphatic heterocycles. The highest BCUT2D eigenvalue weighted by Gasteiger charge is 2.15. The lowest BCUT2D eigenvalue weighted by molar-refractivity contribution is 0.407. The van der Waals surface area contributed by atoms with Gasteiger partial charge in [0, 0.05) is 0 Å². The molecular formula is C19H20FNO. The molecule has 0 saturated heterocycles. The van der Waals surface area contributed by atoms with Gasteiger partial charge in [-0.05, 0) is 47.2 Å². The predicted octanol–water partition coefficient (Wildman–Crippen LogP) is 4.81. The van der Waals surface area contributed by atoms with Crippen LogP contribution in [0.2, 0.25) is 0 Å². The SMILES string of the molecule is COc1ccc(F)cc1CC(C#N)c1ccc(C(C)C)cc1. The van der Waals surface area contributed by atoms with E-state index in [1.165, 1.54) is 17.7 Å². The van der Waals surface area contributed by atoms with Crippen LogP contribution >= 0.6 is 0 Å². The van der Waals surface area contributed by atoms with E-state index in [2.05, 4.69) is 19.9 Å². The maximum atomic E-state index is 13.4. The molecule has 2 aromatic carbocycles. The molecule has 2 aromatic rings. The van der Waals surface area contributed by atoms with E-state index in [1.807, 2.05) is 24.3 Å². The molecule has 0 aliphatic rings. The molecule has 2 nitrogen and oxygen atoms in total. The minimum Gasteiger partial charge on any atom is -0.496 e. The Morgan fingerprint density at radius 1 is 1.09 bits per heavy atom. The molecule has 1 atom stereocenters. The highest BCUT2D eigenvalue weighted by atomic mass is 19.1. The average Bonchev–Trinajstić information content (AvgIpc) is 2.53. The van der Waals surface area contributed by atoms with Crippen molar-refractivity contribution in [2.24, 2.45) is 0 Å². The van der Waals surface area contributed by atoms with Crippen LogP contribution in [0.1, 0.15) is 42.4 Å². The van der Waals surface area contributed by atoms with Crippen molar-refractivity contribution in [3.63, 3.8) is 0 Å². The molecule has 2 rings (SSSR count). The van der Waals surface area contributed by atoms with Gasteiger partial charge in [-0.1, -0.05) is 38.1 Å². The summed E-state index contributed by atoms with van der Waals surface area (Å²) in [4.78, 5) is 0. The first-order valence-electron chi connectivity index (χ1n) is 7.37. The summed E-state index contributed by atoms with van der Waals surface area (Å²) in [5, 5.41) is 9.47. The fourth-order valence-corrected chi connectivity index (χ4v) is 2.48. The number of nitriles is 1. The van der Waals surface area contributed by atoms with Gasteiger partial charge in [-0.15, -0.1) is 0 Å². The fraction of sp³-hybridized carbons (Fsp3) is 0.316. The Labute approximate surface area is 131 Å². The lowest BCUT2D eigenvalue weighted by Crippen LogP contribution is -2.03. The van der Waals surface area contributed by atoms with Crippen LogP contribution in [0.4, 0.5) is 4.39 Å². The van der Waals surface area contributed by atoms with E-state index >= 15 is 0 Å².